The van der Waals surface area contributed by atoms with Crippen LogP contribution in [0.5, 0.6) is 0 Å². The smallest absolute Gasteiger partial charge is 0.224 e. The van der Waals surface area contributed by atoms with Crippen LogP contribution in [0.3, 0.4) is 0 Å². The zero-order chi connectivity index (χ0) is 14.5. The molecule has 0 bridgehead atoms. The van der Waals surface area contributed by atoms with Crippen molar-refractivity contribution in [2.45, 2.75) is 52.5 Å². The van der Waals surface area contributed by atoms with Gasteiger partial charge in [-0.25, -0.2) is 0 Å². The van der Waals surface area contributed by atoms with Crippen LogP contribution in [0, 0.1) is 13.8 Å². The van der Waals surface area contributed by atoms with E-state index < -0.39 is 0 Å². The van der Waals surface area contributed by atoms with Gasteiger partial charge in [0, 0.05) is 10.9 Å². The third-order valence-corrected chi connectivity index (χ3v) is 4.12. The lowest BCUT2D eigenvalue weighted by Gasteiger charge is -2.29. The molecule has 3 heteroatoms. The van der Waals surface area contributed by atoms with Gasteiger partial charge in [0.2, 0.25) is 5.91 Å². The minimum absolute atomic E-state index is 0.110. The number of rotatable bonds is 6. The number of aryl methyl sites for hydroxylation is 2. The summed E-state index contributed by atoms with van der Waals surface area (Å²) in [5.74, 6) is 0.110. The molecule has 0 aliphatic rings. The standard InChI is InChI=1S/C16H24BrNO/c1-5-16(4,8-9-17)18-15(19)11-14-10-12(2)6-7-13(14)3/h6-7,10H,5,8-9,11H2,1-4H3,(H,18,19). The molecule has 106 valence electrons. The molecule has 19 heavy (non-hydrogen) atoms. The average molecular weight is 326 g/mol. The molecule has 1 aromatic carbocycles. The van der Waals surface area contributed by atoms with Crippen LogP contribution in [-0.4, -0.2) is 16.8 Å². The highest BCUT2D eigenvalue weighted by Crippen LogP contribution is 2.17. The van der Waals surface area contributed by atoms with E-state index in [-0.39, 0.29) is 11.4 Å². The molecule has 0 aliphatic heterocycles. The Labute approximate surface area is 125 Å². The van der Waals surface area contributed by atoms with Crippen LogP contribution in [-0.2, 0) is 11.2 Å². The predicted octanol–water partition coefficient (Wildman–Crippen LogP) is 3.92. The maximum atomic E-state index is 12.2. The molecule has 1 aromatic rings. The van der Waals surface area contributed by atoms with Crippen molar-refractivity contribution in [1.82, 2.24) is 5.32 Å². The Morgan fingerprint density at radius 1 is 1.37 bits per heavy atom. The molecular formula is C16H24BrNO. The minimum atomic E-state index is -0.113. The fourth-order valence-electron chi connectivity index (χ4n) is 2.08. The van der Waals surface area contributed by atoms with E-state index in [0.29, 0.717) is 6.42 Å². The number of amides is 1. The topological polar surface area (TPSA) is 29.1 Å². The third-order valence-electron chi connectivity index (χ3n) is 3.72. The van der Waals surface area contributed by atoms with Crippen LogP contribution in [0.15, 0.2) is 18.2 Å². The number of alkyl halides is 1. The molecule has 0 fully saturated rings. The highest BCUT2D eigenvalue weighted by molar-refractivity contribution is 9.09. The second-order valence-corrected chi connectivity index (χ2v) is 6.30. The minimum Gasteiger partial charge on any atom is -0.351 e. The van der Waals surface area contributed by atoms with Gasteiger partial charge >= 0.3 is 0 Å². The van der Waals surface area contributed by atoms with E-state index in [9.17, 15) is 4.79 Å². The molecular weight excluding hydrogens is 302 g/mol. The number of carbonyl (C=O) groups is 1. The molecule has 1 rings (SSSR count). The molecule has 0 aromatic heterocycles. The van der Waals surface area contributed by atoms with Crippen molar-refractivity contribution in [2.75, 3.05) is 5.33 Å². The summed E-state index contributed by atoms with van der Waals surface area (Å²) in [7, 11) is 0. The normalized spacial score (nSPS) is 13.9. The van der Waals surface area contributed by atoms with Crippen LogP contribution in [0.25, 0.3) is 0 Å². The van der Waals surface area contributed by atoms with E-state index >= 15 is 0 Å². The molecule has 0 aliphatic carbocycles. The van der Waals surface area contributed by atoms with Gasteiger partial charge in [-0.2, -0.15) is 0 Å². The Bertz CT molecular complexity index is 444. The summed E-state index contributed by atoms with van der Waals surface area (Å²) in [5.41, 5.74) is 3.39. The lowest BCUT2D eigenvalue weighted by molar-refractivity contribution is -0.122. The maximum Gasteiger partial charge on any atom is 0.224 e. The molecule has 0 saturated carbocycles. The summed E-state index contributed by atoms with van der Waals surface area (Å²) in [6, 6.07) is 6.26. The Kier molecular flexibility index (Phi) is 6.05. The van der Waals surface area contributed by atoms with Crippen molar-refractivity contribution in [3.63, 3.8) is 0 Å². The summed E-state index contributed by atoms with van der Waals surface area (Å²) in [6.45, 7) is 8.33. The van der Waals surface area contributed by atoms with E-state index in [1.54, 1.807) is 0 Å². The second kappa shape index (κ2) is 7.09. The molecule has 2 nitrogen and oxygen atoms in total. The zero-order valence-electron chi connectivity index (χ0n) is 12.3. The second-order valence-electron chi connectivity index (χ2n) is 5.51. The number of hydrogen-bond acceptors (Lipinski definition) is 1. The molecule has 1 unspecified atom stereocenters. The first-order valence-corrected chi connectivity index (χ1v) is 7.95. The van der Waals surface area contributed by atoms with Crippen molar-refractivity contribution in [3.8, 4) is 0 Å². The van der Waals surface area contributed by atoms with E-state index in [1.807, 2.05) is 0 Å². The average Bonchev–Trinajstić information content (AvgIpc) is 2.34. The summed E-state index contributed by atoms with van der Waals surface area (Å²) in [5, 5.41) is 4.07. The molecule has 0 spiro atoms. The summed E-state index contributed by atoms with van der Waals surface area (Å²) >= 11 is 3.45. The highest BCUT2D eigenvalue weighted by atomic mass is 79.9. The van der Waals surface area contributed by atoms with Crippen molar-refractivity contribution in [3.05, 3.63) is 34.9 Å². The first-order valence-electron chi connectivity index (χ1n) is 6.83. The molecule has 0 saturated heterocycles. The summed E-state index contributed by atoms with van der Waals surface area (Å²) in [6.07, 6.45) is 2.35. The van der Waals surface area contributed by atoms with E-state index in [2.05, 4.69) is 67.1 Å². The van der Waals surface area contributed by atoms with Gasteiger partial charge < -0.3 is 5.32 Å². The van der Waals surface area contributed by atoms with Crippen molar-refractivity contribution in [2.24, 2.45) is 0 Å². The van der Waals surface area contributed by atoms with Gasteiger partial charge in [0.25, 0.3) is 0 Å². The SMILES string of the molecule is CCC(C)(CCBr)NC(=O)Cc1cc(C)ccc1C. The van der Waals surface area contributed by atoms with E-state index in [0.717, 1.165) is 23.7 Å². The van der Waals surface area contributed by atoms with Crippen LogP contribution in [0.2, 0.25) is 0 Å². The van der Waals surface area contributed by atoms with Crippen LogP contribution < -0.4 is 5.32 Å². The number of benzene rings is 1. The van der Waals surface area contributed by atoms with Crippen molar-refractivity contribution >= 4 is 21.8 Å². The predicted molar refractivity (Wildman–Crippen MR) is 84.9 cm³/mol. The summed E-state index contributed by atoms with van der Waals surface area (Å²) in [4.78, 5) is 12.2. The lowest BCUT2D eigenvalue weighted by Crippen LogP contribution is -2.46. The fourth-order valence-corrected chi connectivity index (χ4v) is 2.96. The number of hydrogen-bond donors (Lipinski definition) is 1. The van der Waals surface area contributed by atoms with Crippen molar-refractivity contribution < 1.29 is 4.79 Å². The summed E-state index contributed by atoms with van der Waals surface area (Å²) < 4.78 is 0. The number of carbonyl (C=O) groups excluding carboxylic acids is 1. The number of nitrogens with one attached hydrogen (secondary N) is 1. The van der Waals surface area contributed by atoms with Gasteiger partial charge in [0.15, 0.2) is 0 Å². The first kappa shape index (κ1) is 16.2. The van der Waals surface area contributed by atoms with Gasteiger partial charge in [-0.3, -0.25) is 4.79 Å². The van der Waals surface area contributed by atoms with Gasteiger partial charge in [0.1, 0.15) is 0 Å². The highest BCUT2D eigenvalue weighted by Gasteiger charge is 2.23. The number of halogens is 1. The van der Waals surface area contributed by atoms with Crippen LogP contribution >= 0.6 is 15.9 Å². The van der Waals surface area contributed by atoms with Gasteiger partial charge in [-0.15, -0.1) is 0 Å². The maximum absolute atomic E-state index is 12.2. The van der Waals surface area contributed by atoms with Crippen molar-refractivity contribution in [1.29, 1.82) is 0 Å². The van der Waals surface area contributed by atoms with E-state index in [4.69, 9.17) is 0 Å². The quantitative estimate of drug-likeness (QED) is 0.789. The van der Waals surface area contributed by atoms with Crippen LogP contribution in [0.1, 0.15) is 43.4 Å². The zero-order valence-corrected chi connectivity index (χ0v) is 13.9. The van der Waals surface area contributed by atoms with Gasteiger partial charge in [-0.05, 0) is 44.7 Å². The van der Waals surface area contributed by atoms with E-state index in [1.165, 1.54) is 11.1 Å². The van der Waals surface area contributed by atoms with Crippen LogP contribution in [0.4, 0.5) is 0 Å². The fraction of sp³-hybridized carbons (Fsp3) is 0.562. The molecule has 1 atom stereocenters. The first-order chi connectivity index (χ1) is 8.90. The Hall–Kier alpha value is -0.830. The van der Waals surface area contributed by atoms with Gasteiger partial charge in [-0.1, -0.05) is 46.6 Å². The monoisotopic (exact) mass is 325 g/mol. The third kappa shape index (κ3) is 4.98. The Balaban J connectivity index is 2.72. The van der Waals surface area contributed by atoms with Gasteiger partial charge in [0.05, 0.1) is 6.42 Å². The Morgan fingerprint density at radius 2 is 2.05 bits per heavy atom. The molecule has 0 radical (unpaired) electrons. The Morgan fingerprint density at radius 3 is 2.63 bits per heavy atom. The largest absolute Gasteiger partial charge is 0.351 e. The molecule has 1 amide bonds. The molecule has 0 heterocycles. The molecule has 1 N–H and O–H groups in total. The lowest BCUT2D eigenvalue weighted by atomic mass is 9.94.